The zero-order valence-electron chi connectivity index (χ0n) is 18.8. The molecule has 30 heavy (non-hydrogen) atoms. The quantitative estimate of drug-likeness (QED) is 0.317. The minimum Gasteiger partial charge on any atom is -0.491 e. The summed E-state index contributed by atoms with van der Waals surface area (Å²) in [5.41, 5.74) is 0. The predicted molar refractivity (Wildman–Crippen MR) is 124 cm³/mol. The average Bonchev–Trinajstić information content (AvgIpc) is 2.76. The van der Waals surface area contributed by atoms with Crippen LogP contribution in [0.4, 0.5) is 0 Å². The SMILES string of the molecule is CCCCCCC(O)COc1ccc2cc(OCC(O)CCCCCC)ccc2c1. The van der Waals surface area contributed by atoms with Crippen LogP contribution in [0, 0.1) is 0 Å². The van der Waals surface area contributed by atoms with E-state index < -0.39 is 12.2 Å². The number of aliphatic hydroxyl groups is 2. The van der Waals surface area contributed by atoms with Crippen molar-refractivity contribution in [2.75, 3.05) is 13.2 Å². The van der Waals surface area contributed by atoms with Gasteiger partial charge in [-0.05, 0) is 47.9 Å². The summed E-state index contributed by atoms with van der Waals surface area (Å²) in [5.74, 6) is 1.54. The minimum absolute atomic E-state index is 0.328. The number of fused-ring (bicyclic) bond motifs is 1. The zero-order chi connectivity index (χ0) is 21.6. The van der Waals surface area contributed by atoms with Gasteiger partial charge in [0.15, 0.2) is 0 Å². The van der Waals surface area contributed by atoms with Crippen LogP contribution in [-0.2, 0) is 0 Å². The third kappa shape index (κ3) is 9.36. The van der Waals surface area contributed by atoms with E-state index in [1.165, 1.54) is 38.5 Å². The fraction of sp³-hybridized carbons (Fsp3) is 0.615. The maximum Gasteiger partial charge on any atom is 0.120 e. The Hall–Kier alpha value is -1.78. The van der Waals surface area contributed by atoms with Gasteiger partial charge in [-0.3, -0.25) is 0 Å². The number of aliphatic hydroxyl groups excluding tert-OH is 2. The monoisotopic (exact) mass is 416 g/mol. The molecule has 168 valence electrons. The first-order chi connectivity index (χ1) is 14.6. The van der Waals surface area contributed by atoms with E-state index in [1.807, 2.05) is 36.4 Å². The van der Waals surface area contributed by atoms with E-state index in [0.717, 1.165) is 48.0 Å². The summed E-state index contributed by atoms with van der Waals surface area (Å²) < 4.78 is 11.6. The van der Waals surface area contributed by atoms with E-state index >= 15 is 0 Å². The molecule has 0 bridgehead atoms. The first-order valence-electron chi connectivity index (χ1n) is 11.8. The number of rotatable bonds is 16. The van der Waals surface area contributed by atoms with Crippen molar-refractivity contribution in [3.8, 4) is 11.5 Å². The lowest BCUT2D eigenvalue weighted by Gasteiger charge is -2.14. The molecule has 2 aromatic carbocycles. The molecule has 0 aliphatic heterocycles. The molecule has 0 spiro atoms. The van der Waals surface area contributed by atoms with Gasteiger partial charge in [0.2, 0.25) is 0 Å². The number of ether oxygens (including phenoxy) is 2. The van der Waals surface area contributed by atoms with Crippen LogP contribution < -0.4 is 9.47 Å². The van der Waals surface area contributed by atoms with Crippen molar-refractivity contribution in [1.82, 2.24) is 0 Å². The van der Waals surface area contributed by atoms with Crippen molar-refractivity contribution in [3.63, 3.8) is 0 Å². The fourth-order valence-corrected chi connectivity index (χ4v) is 3.55. The Labute approximate surface area is 182 Å². The molecule has 0 radical (unpaired) electrons. The van der Waals surface area contributed by atoms with Crippen LogP contribution in [0.25, 0.3) is 10.8 Å². The van der Waals surface area contributed by atoms with Crippen LogP contribution in [0.3, 0.4) is 0 Å². The Morgan fingerprint density at radius 3 is 1.47 bits per heavy atom. The molecule has 2 N–H and O–H groups in total. The molecule has 0 aromatic heterocycles. The predicted octanol–water partition coefficient (Wildman–Crippen LogP) is 6.26. The molecular formula is C26H40O4. The lowest BCUT2D eigenvalue weighted by atomic mass is 10.1. The largest absolute Gasteiger partial charge is 0.491 e. The smallest absolute Gasteiger partial charge is 0.120 e. The van der Waals surface area contributed by atoms with Crippen LogP contribution in [0.15, 0.2) is 36.4 Å². The van der Waals surface area contributed by atoms with Crippen molar-refractivity contribution in [2.24, 2.45) is 0 Å². The van der Waals surface area contributed by atoms with Gasteiger partial charge in [0.1, 0.15) is 24.7 Å². The molecule has 4 heteroatoms. The maximum absolute atomic E-state index is 10.1. The van der Waals surface area contributed by atoms with Gasteiger partial charge < -0.3 is 19.7 Å². The van der Waals surface area contributed by atoms with E-state index in [2.05, 4.69) is 13.8 Å². The van der Waals surface area contributed by atoms with Crippen molar-refractivity contribution in [2.45, 2.75) is 90.3 Å². The van der Waals surface area contributed by atoms with Gasteiger partial charge in [-0.15, -0.1) is 0 Å². The van der Waals surface area contributed by atoms with Crippen LogP contribution in [0.2, 0.25) is 0 Å². The van der Waals surface area contributed by atoms with Crippen molar-refractivity contribution in [3.05, 3.63) is 36.4 Å². The van der Waals surface area contributed by atoms with Crippen molar-refractivity contribution >= 4 is 10.8 Å². The zero-order valence-corrected chi connectivity index (χ0v) is 18.8. The van der Waals surface area contributed by atoms with E-state index in [0.29, 0.717) is 13.2 Å². The van der Waals surface area contributed by atoms with Gasteiger partial charge in [0.25, 0.3) is 0 Å². The van der Waals surface area contributed by atoms with Gasteiger partial charge in [-0.1, -0.05) is 77.3 Å². The second-order valence-electron chi connectivity index (χ2n) is 8.30. The first kappa shape index (κ1) is 24.5. The van der Waals surface area contributed by atoms with Crippen LogP contribution in [0.5, 0.6) is 11.5 Å². The Morgan fingerprint density at radius 1 is 0.633 bits per heavy atom. The summed E-state index contributed by atoms with van der Waals surface area (Å²) in [7, 11) is 0. The first-order valence-corrected chi connectivity index (χ1v) is 11.8. The average molecular weight is 417 g/mol. The molecule has 0 fully saturated rings. The Morgan fingerprint density at radius 2 is 1.07 bits per heavy atom. The molecule has 0 heterocycles. The lowest BCUT2D eigenvalue weighted by Crippen LogP contribution is -2.17. The second-order valence-corrected chi connectivity index (χ2v) is 8.30. The molecule has 2 atom stereocenters. The molecule has 2 unspecified atom stereocenters. The van der Waals surface area contributed by atoms with Gasteiger partial charge in [-0.2, -0.15) is 0 Å². The summed E-state index contributed by atoms with van der Waals surface area (Å²) >= 11 is 0. The number of unbranched alkanes of at least 4 members (excludes halogenated alkanes) is 6. The summed E-state index contributed by atoms with van der Waals surface area (Å²) in [5, 5.41) is 22.3. The standard InChI is InChI=1S/C26H40O4/c1-3-5-7-9-11-23(27)19-29-25-15-13-22-18-26(16-14-21(22)17-25)30-20-24(28)12-10-8-6-4-2/h13-18,23-24,27-28H,3-12,19-20H2,1-2H3. The summed E-state index contributed by atoms with van der Waals surface area (Å²) in [6.45, 7) is 5.03. The number of benzene rings is 2. The van der Waals surface area contributed by atoms with E-state index in [-0.39, 0.29) is 0 Å². The highest BCUT2D eigenvalue weighted by atomic mass is 16.5. The normalized spacial score (nSPS) is 13.3. The van der Waals surface area contributed by atoms with E-state index in [1.54, 1.807) is 0 Å². The molecule has 0 amide bonds. The van der Waals surface area contributed by atoms with Gasteiger partial charge in [-0.25, -0.2) is 0 Å². The third-order valence-corrected chi connectivity index (χ3v) is 5.45. The highest BCUT2D eigenvalue weighted by molar-refractivity contribution is 5.85. The highest BCUT2D eigenvalue weighted by Crippen LogP contribution is 2.25. The highest BCUT2D eigenvalue weighted by Gasteiger charge is 2.08. The topological polar surface area (TPSA) is 58.9 Å². The van der Waals surface area contributed by atoms with Crippen LogP contribution in [0.1, 0.15) is 78.1 Å². The van der Waals surface area contributed by atoms with Gasteiger partial charge >= 0.3 is 0 Å². The minimum atomic E-state index is -0.415. The second kappa shape index (κ2) is 14.3. The summed E-state index contributed by atoms with van der Waals surface area (Å²) in [6.07, 6.45) is 10.0. The van der Waals surface area contributed by atoms with E-state index in [9.17, 15) is 10.2 Å². The molecule has 4 nitrogen and oxygen atoms in total. The van der Waals surface area contributed by atoms with Crippen LogP contribution >= 0.6 is 0 Å². The van der Waals surface area contributed by atoms with E-state index in [4.69, 9.17) is 9.47 Å². The Bertz CT molecular complexity index is 654. The molecule has 2 aromatic rings. The molecule has 2 rings (SSSR count). The Balaban J connectivity index is 1.78. The molecule has 0 saturated carbocycles. The molecule has 0 aliphatic carbocycles. The molecule has 0 saturated heterocycles. The van der Waals surface area contributed by atoms with Gasteiger partial charge in [0, 0.05) is 0 Å². The summed E-state index contributed by atoms with van der Waals surface area (Å²) in [4.78, 5) is 0. The Kier molecular flexibility index (Phi) is 11.6. The van der Waals surface area contributed by atoms with Crippen LogP contribution in [-0.4, -0.2) is 35.6 Å². The number of hydrogen-bond acceptors (Lipinski definition) is 4. The van der Waals surface area contributed by atoms with Crippen molar-refractivity contribution < 1.29 is 19.7 Å². The number of hydrogen-bond donors (Lipinski definition) is 2. The lowest BCUT2D eigenvalue weighted by molar-refractivity contribution is 0.0973. The maximum atomic E-state index is 10.1. The molecule has 0 aliphatic rings. The third-order valence-electron chi connectivity index (χ3n) is 5.45. The van der Waals surface area contributed by atoms with Crippen molar-refractivity contribution in [1.29, 1.82) is 0 Å². The van der Waals surface area contributed by atoms with Gasteiger partial charge in [0.05, 0.1) is 12.2 Å². The summed E-state index contributed by atoms with van der Waals surface area (Å²) in [6, 6.07) is 11.9. The fourth-order valence-electron chi connectivity index (χ4n) is 3.55. The molecular weight excluding hydrogens is 376 g/mol.